The van der Waals surface area contributed by atoms with E-state index in [1.807, 2.05) is 6.07 Å². The van der Waals surface area contributed by atoms with Gasteiger partial charge in [0.15, 0.2) is 5.82 Å². The molecular weight excluding hydrogens is 615 g/mol. The number of ether oxygens (including phenoxy) is 2. The highest BCUT2D eigenvalue weighted by Gasteiger charge is 2.24. The first-order valence-electron chi connectivity index (χ1n) is 14.7. The summed E-state index contributed by atoms with van der Waals surface area (Å²) in [7, 11) is 0. The minimum Gasteiger partial charge on any atom is -0.463 e. The molecule has 0 spiro atoms. The number of hydrogen-bond acceptors (Lipinski definition) is 11. The van der Waals surface area contributed by atoms with Gasteiger partial charge in [-0.2, -0.15) is 14.9 Å². The van der Waals surface area contributed by atoms with Crippen LogP contribution in [0.1, 0.15) is 66.8 Å². The summed E-state index contributed by atoms with van der Waals surface area (Å²) in [4.78, 5) is 37.6. The molecule has 1 aromatic carbocycles. The Labute approximate surface area is 269 Å². The van der Waals surface area contributed by atoms with E-state index in [1.165, 1.54) is 16.0 Å². The maximum absolute atomic E-state index is 12.7. The number of nitrogens with one attached hydrogen (secondary N) is 2. The number of benzene rings is 1. The molecule has 0 saturated heterocycles. The molecule has 13 nitrogen and oxygen atoms in total. The van der Waals surface area contributed by atoms with Gasteiger partial charge in [0, 0.05) is 12.0 Å². The maximum Gasteiger partial charge on any atom is 0.435 e. The average Bonchev–Trinajstić information content (AvgIpc) is 3.54. The van der Waals surface area contributed by atoms with Crippen molar-refractivity contribution in [2.24, 2.45) is 0 Å². The highest BCUT2D eigenvalue weighted by molar-refractivity contribution is 7.15. The Balaban J connectivity index is 1.18. The van der Waals surface area contributed by atoms with E-state index in [4.69, 9.17) is 9.47 Å². The van der Waals surface area contributed by atoms with E-state index in [1.54, 1.807) is 65.0 Å². The fourth-order valence-electron chi connectivity index (χ4n) is 4.47. The molecule has 4 aromatic rings. The van der Waals surface area contributed by atoms with E-state index in [2.05, 4.69) is 36.1 Å². The second kappa shape index (κ2) is 15.5. The summed E-state index contributed by atoms with van der Waals surface area (Å²) in [6, 6.07) is 10.2. The number of halogens is 1. The SMILES string of the molecule is Cc1nn(C(=O)OC(C)(C)C)c(C)c1CC(=O)Nc1nnc(CCCCc2ccc(NC(=O)Cc3cccc(OCF)c3)nn2)s1. The van der Waals surface area contributed by atoms with Crippen molar-refractivity contribution in [3.8, 4) is 5.75 Å². The van der Waals surface area contributed by atoms with Crippen molar-refractivity contribution in [1.82, 2.24) is 30.2 Å². The zero-order valence-corrected chi connectivity index (χ0v) is 27.2. The first kappa shape index (κ1) is 34.1. The van der Waals surface area contributed by atoms with Gasteiger partial charge in [-0.25, -0.2) is 9.18 Å². The summed E-state index contributed by atoms with van der Waals surface area (Å²) >= 11 is 1.31. The van der Waals surface area contributed by atoms with Crippen molar-refractivity contribution in [3.05, 3.63) is 69.6 Å². The van der Waals surface area contributed by atoms with E-state index in [0.717, 1.165) is 23.5 Å². The first-order chi connectivity index (χ1) is 21.9. The van der Waals surface area contributed by atoms with Gasteiger partial charge >= 0.3 is 6.09 Å². The lowest BCUT2D eigenvalue weighted by atomic mass is 10.1. The van der Waals surface area contributed by atoms with Gasteiger partial charge in [-0.15, -0.1) is 15.3 Å². The molecule has 2 N–H and O–H groups in total. The van der Waals surface area contributed by atoms with Gasteiger partial charge in [0.2, 0.25) is 23.8 Å². The van der Waals surface area contributed by atoms with E-state index in [0.29, 0.717) is 52.1 Å². The lowest BCUT2D eigenvalue weighted by Crippen LogP contribution is -2.28. The van der Waals surface area contributed by atoms with Crippen LogP contribution >= 0.6 is 11.3 Å². The van der Waals surface area contributed by atoms with Crippen molar-refractivity contribution in [1.29, 1.82) is 0 Å². The van der Waals surface area contributed by atoms with Crippen molar-refractivity contribution >= 4 is 40.2 Å². The largest absolute Gasteiger partial charge is 0.463 e. The van der Waals surface area contributed by atoms with Gasteiger partial charge in [-0.05, 0) is 83.7 Å². The van der Waals surface area contributed by atoms with Crippen LogP contribution in [0.3, 0.4) is 0 Å². The lowest BCUT2D eigenvalue weighted by Gasteiger charge is -2.19. The van der Waals surface area contributed by atoms with Crippen LogP contribution in [0.15, 0.2) is 36.4 Å². The summed E-state index contributed by atoms with van der Waals surface area (Å²) < 4.78 is 23.8. The number of rotatable bonds is 13. The van der Waals surface area contributed by atoms with Crippen LogP contribution in [-0.4, -0.2) is 60.5 Å². The number of carbonyl (C=O) groups is 3. The molecular formula is C31H37FN8O5S. The Kier molecular flexibility index (Phi) is 11.5. The summed E-state index contributed by atoms with van der Waals surface area (Å²) in [5, 5.41) is 27.5. The van der Waals surface area contributed by atoms with Crippen LogP contribution < -0.4 is 15.4 Å². The zero-order chi connectivity index (χ0) is 33.3. The predicted octanol–water partition coefficient (Wildman–Crippen LogP) is 5.16. The number of aromatic nitrogens is 6. The number of carbonyl (C=O) groups excluding carboxylic acids is 3. The second-order valence-corrected chi connectivity index (χ2v) is 12.6. The topological polar surface area (TPSA) is 163 Å². The molecule has 0 saturated carbocycles. The third kappa shape index (κ3) is 10.1. The molecule has 3 heterocycles. The minimum atomic E-state index is -0.934. The molecule has 0 aliphatic carbocycles. The molecule has 0 aliphatic rings. The predicted molar refractivity (Wildman–Crippen MR) is 170 cm³/mol. The number of aryl methyl sites for hydroxylation is 3. The average molecular weight is 653 g/mol. The molecule has 0 aliphatic heterocycles. The number of amides is 2. The molecule has 2 amide bonds. The van der Waals surface area contributed by atoms with Crippen LogP contribution in [0.2, 0.25) is 0 Å². The highest BCUT2D eigenvalue weighted by Crippen LogP contribution is 2.21. The zero-order valence-electron chi connectivity index (χ0n) is 26.4. The third-order valence-electron chi connectivity index (χ3n) is 6.60. The van der Waals surface area contributed by atoms with E-state index < -0.39 is 18.6 Å². The summed E-state index contributed by atoms with van der Waals surface area (Å²) in [6.45, 7) is 7.87. The van der Waals surface area contributed by atoms with Crippen molar-refractivity contribution in [2.45, 2.75) is 78.7 Å². The monoisotopic (exact) mass is 652 g/mol. The fourth-order valence-corrected chi connectivity index (χ4v) is 5.26. The molecule has 0 radical (unpaired) electrons. The van der Waals surface area contributed by atoms with Crippen LogP contribution in [0.4, 0.5) is 20.1 Å². The third-order valence-corrected chi connectivity index (χ3v) is 7.50. The van der Waals surface area contributed by atoms with Gasteiger partial charge in [0.25, 0.3) is 0 Å². The van der Waals surface area contributed by atoms with Crippen LogP contribution in [0.25, 0.3) is 0 Å². The van der Waals surface area contributed by atoms with Gasteiger partial charge in [0.05, 0.1) is 29.9 Å². The molecule has 0 unspecified atom stereocenters. The van der Waals surface area contributed by atoms with Gasteiger partial charge in [-0.3, -0.25) is 9.59 Å². The van der Waals surface area contributed by atoms with E-state index in [-0.39, 0.29) is 24.7 Å². The van der Waals surface area contributed by atoms with E-state index in [9.17, 15) is 18.8 Å². The minimum absolute atomic E-state index is 0.0315. The number of unbranched alkanes of at least 4 members (excludes halogenated alkanes) is 1. The van der Waals surface area contributed by atoms with Gasteiger partial charge < -0.3 is 20.1 Å². The Morgan fingerprint density at radius 3 is 2.41 bits per heavy atom. The molecule has 244 valence electrons. The Bertz CT molecular complexity index is 1670. The second-order valence-electron chi connectivity index (χ2n) is 11.5. The maximum atomic E-state index is 12.7. The van der Waals surface area contributed by atoms with Gasteiger partial charge in [0.1, 0.15) is 16.4 Å². The molecule has 0 fully saturated rings. The lowest BCUT2D eigenvalue weighted by molar-refractivity contribution is -0.116. The number of hydrogen-bond donors (Lipinski definition) is 2. The van der Waals surface area contributed by atoms with Crippen molar-refractivity contribution in [2.75, 3.05) is 17.5 Å². The number of anilines is 2. The van der Waals surface area contributed by atoms with Crippen molar-refractivity contribution < 1.29 is 28.2 Å². The van der Waals surface area contributed by atoms with Crippen LogP contribution in [0, 0.1) is 13.8 Å². The van der Waals surface area contributed by atoms with Crippen LogP contribution in [0.5, 0.6) is 5.75 Å². The molecule has 0 atom stereocenters. The molecule has 4 rings (SSSR count). The summed E-state index contributed by atoms with van der Waals surface area (Å²) in [5.74, 6) is 0.148. The Morgan fingerprint density at radius 1 is 0.935 bits per heavy atom. The Morgan fingerprint density at radius 2 is 1.70 bits per heavy atom. The fraction of sp³-hybridized carbons (Fsp3) is 0.419. The normalized spacial score (nSPS) is 11.3. The van der Waals surface area contributed by atoms with E-state index >= 15 is 0 Å². The highest BCUT2D eigenvalue weighted by atomic mass is 32.1. The molecule has 15 heteroatoms. The number of nitrogens with zero attached hydrogens (tertiary/aromatic N) is 6. The summed E-state index contributed by atoms with van der Waals surface area (Å²) in [6.07, 6.45) is 2.57. The smallest absolute Gasteiger partial charge is 0.435 e. The molecule has 0 bridgehead atoms. The van der Waals surface area contributed by atoms with Crippen molar-refractivity contribution in [3.63, 3.8) is 0 Å². The summed E-state index contributed by atoms with van der Waals surface area (Å²) in [5.41, 5.74) is 2.59. The standard InChI is InChI=1S/C31H37FN8O5S/c1-19-24(20(2)40(39-19)30(43)45-31(3,4)5)17-27(42)34-29-38-37-28(46-29)12-7-6-10-22-13-14-25(36-35-22)33-26(41)16-21-9-8-11-23(15-21)44-18-32/h8-9,11,13-15H,6-7,10,12,16-18H2,1-5H3,(H,33,36,41)(H,34,38,42). The Hall–Kier alpha value is -4.79. The quantitative estimate of drug-likeness (QED) is 0.185. The van der Waals surface area contributed by atoms with Crippen LogP contribution in [-0.2, 0) is 40.0 Å². The number of alkyl halides is 1. The molecule has 46 heavy (non-hydrogen) atoms. The first-order valence-corrected chi connectivity index (χ1v) is 15.5. The molecule has 3 aromatic heterocycles. The van der Waals surface area contributed by atoms with Gasteiger partial charge in [-0.1, -0.05) is 23.5 Å².